The van der Waals surface area contributed by atoms with E-state index in [0.29, 0.717) is 12.2 Å². The highest BCUT2D eigenvalue weighted by Crippen LogP contribution is 2.28. The van der Waals surface area contributed by atoms with Crippen molar-refractivity contribution >= 4 is 5.91 Å². The van der Waals surface area contributed by atoms with Gasteiger partial charge in [0.05, 0.1) is 6.61 Å². The van der Waals surface area contributed by atoms with Crippen LogP contribution in [0.2, 0.25) is 0 Å². The number of nitrogens with zero attached hydrogens (tertiary/aromatic N) is 1. The molecule has 1 amide bonds. The van der Waals surface area contributed by atoms with Gasteiger partial charge >= 0.3 is 0 Å². The Morgan fingerprint density at radius 1 is 1.18 bits per heavy atom. The van der Waals surface area contributed by atoms with E-state index in [1.54, 1.807) is 24.3 Å². The summed E-state index contributed by atoms with van der Waals surface area (Å²) >= 11 is 0. The summed E-state index contributed by atoms with van der Waals surface area (Å²) in [5.74, 6) is 2.13. The summed E-state index contributed by atoms with van der Waals surface area (Å²) in [6.45, 7) is 8.89. The van der Waals surface area contributed by atoms with Gasteiger partial charge in [0, 0.05) is 25.2 Å². The fourth-order valence-electron chi connectivity index (χ4n) is 3.34. The number of carbonyl (C=O) groups excluding carboxylic acids is 1. The number of nitrogens with two attached hydrogens (primary N) is 1. The average Bonchev–Trinajstić information content (AvgIpc) is 2.94. The van der Waals surface area contributed by atoms with Crippen LogP contribution >= 0.6 is 0 Å². The minimum atomic E-state index is -0.406. The topological polar surface area (TPSA) is 55.6 Å². The summed E-state index contributed by atoms with van der Waals surface area (Å²) in [7, 11) is 0. The second-order valence-corrected chi connectivity index (χ2v) is 6.19. The van der Waals surface area contributed by atoms with Gasteiger partial charge in [-0.15, -0.1) is 0 Å². The van der Waals surface area contributed by atoms with E-state index in [1.807, 2.05) is 0 Å². The molecule has 1 aromatic rings. The van der Waals surface area contributed by atoms with Gasteiger partial charge in [0.15, 0.2) is 0 Å². The summed E-state index contributed by atoms with van der Waals surface area (Å²) in [6.07, 6.45) is 3.61. The molecular weight excluding hydrogens is 276 g/mol. The number of benzene rings is 1. The zero-order chi connectivity index (χ0) is 15.9. The van der Waals surface area contributed by atoms with Crippen molar-refractivity contribution in [1.29, 1.82) is 0 Å². The van der Waals surface area contributed by atoms with Crippen LogP contribution in [0.1, 0.15) is 43.5 Å². The van der Waals surface area contributed by atoms with Crippen LogP contribution in [-0.2, 0) is 0 Å². The number of ether oxygens (including phenoxy) is 1. The third-order valence-corrected chi connectivity index (χ3v) is 4.73. The molecule has 1 aliphatic heterocycles. The standard InChI is InChI=1S/C18H28N2O2/c1-3-14-12-20(13-15(14)4-2)10-5-11-22-17-8-6-16(7-9-17)18(19)21/h6-9,14-15H,3-5,10-13H2,1-2H3,(H2,19,21). The lowest BCUT2D eigenvalue weighted by Gasteiger charge is -2.15. The molecule has 0 bridgehead atoms. The van der Waals surface area contributed by atoms with Gasteiger partial charge in [-0.25, -0.2) is 0 Å². The normalized spacial score (nSPS) is 21.9. The molecule has 1 fully saturated rings. The number of carbonyl (C=O) groups is 1. The first-order chi connectivity index (χ1) is 10.6. The Bertz CT molecular complexity index is 460. The van der Waals surface area contributed by atoms with Gasteiger partial charge in [0.1, 0.15) is 5.75 Å². The van der Waals surface area contributed by atoms with Crippen LogP contribution in [-0.4, -0.2) is 37.0 Å². The average molecular weight is 304 g/mol. The molecular formula is C18H28N2O2. The van der Waals surface area contributed by atoms with E-state index in [1.165, 1.54) is 25.9 Å². The molecule has 0 aliphatic carbocycles. The van der Waals surface area contributed by atoms with E-state index in [-0.39, 0.29) is 0 Å². The highest BCUT2D eigenvalue weighted by molar-refractivity contribution is 5.92. The van der Waals surface area contributed by atoms with Crippen LogP contribution < -0.4 is 10.5 Å². The highest BCUT2D eigenvalue weighted by Gasteiger charge is 2.29. The van der Waals surface area contributed by atoms with Crippen LogP contribution in [0.5, 0.6) is 5.75 Å². The van der Waals surface area contributed by atoms with Crippen LogP contribution in [0.4, 0.5) is 0 Å². The maximum absolute atomic E-state index is 11.0. The second kappa shape index (κ2) is 8.18. The van der Waals surface area contributed by atoms with E-state index < -0.39 is 5.91 Å². The molecule has 4 nitrogen and oxygen atoms in total. The van der Waals surface area contributed by atoms with Crippen molar-refractivity contribution in [2.45, 2.75) is 33.1 Å². The molecule has 2 rings (SSSR count). The predicted octanol–water partition coefficient (Wildman–Crippen LogP) is 2.92. The van der Waals surface area contributed by atoms with E-state index in [9.17, 15) is 4.79 Å². The van der Waals surface area contributed by atoms with Crippen molar-refractivity contribution in [3.05, 3.63) is 29.8 Å². The zero-order valence-electron chi connectivity index (χ0n) is 13.8. The first kappa shape index (κ1) is 16.8. The third-order valence-electron chi connectivity index (χ3n) is 4.73. The fourth-order valence-corrected chi connectivity index (χ4v) is 3.34. The monoisotopic (exact) mass is 304 g/mol. The number of hydrogen-bond acceptors (Lipinski definition) is 3. The van der Waals surface area contributed by atoms with Gasteiger partial charge in [-0.1, -0.05) is 26.7 Å². The Morgan fingerprint density at radius 2 is 1.77 bits per heavy atom. The number of amides is 1. The lowest BCUT2D eigenvalue weighted by Crippen LogP contribution is -2.23. The molecule has 0 saturated carbocycles. The maximum atomic E-state index is 11.0. The van der Waals surface area contributed by atoms with Crippen LogP contribution in [0.3, 0.4) is 0 Å². The lowest BCUT2D eigenvalue weighted by atomic mass is 9.92. The van der Waals surface area contributed by atoms with Gasteiger partial charge in [-0.3, -0.25) is 4.79 Å². The van der Waals surface area contributed by atoms with Crippen molar-refractivity contribution in [1.82, 2.24) is 4.90 Å². The minimum Gasteiger partial charge on any atom is -0.494 e. The maximum Gasteiger partial charge on any atom is 0.248 e. The molecule has 22 heavy (non-hydrogen) atoms. The molecule has 0 spiro atoms. The molecule has 0 aromatic heterocycles. The molecule has 1 aliphatic rings. The van der Waals surface area contributed by atoms with Crippen LogP contribution in [0.15, 0.2) is 24.3 Å². The zero-order valence-corrected chi connectivity index (χ0v) is 13.8. The van der Waals surface area contributed by atoms with E-state index in [2.05, 4.69) is 18.7 Å². The second-order valence-electron chi connectivity index (χ2n) is 6.19. The predicted molar refractivity (Wildman–Crippen MR) is 89.1 cm³/mol. The molecule has 1 saturated heterocycles. The number of rotatable bonds is 8. The van der Waals surface area contributed by atoms with Crippen molar-refractivity contribution in [3.63, 3.8) is 0 Å². The number of primary amides is 1. The summed E-state index contributed by atoms with van der Waals surface area (Å²) in [6, 6.07) is 7.01. The Hall–Kier alpha value is -1.55. The van der Waals surface area contributed by atoms with Gasteiger partial charge in [0.2, 0.25) is 5.91 Å². The summed E-state index contributed by atoms with van der Waals surface area (Å²) < 4.78 is 5.73. The summed E-state index contributed by atoms with van der Waals surface area (Å²) in [5, 5.41) is 0. The van der Waals surface area contributed by atoms with Crippen LogP contribution in [0, 0.1) is 11.8 Å². The van der Waals surface area contributed by atoms with E-state index >= 15 is 0 Å². The molecule has 0 radical (unpaired) electrons. The number of hydrogen-bond donors (Lipinski definition) is 1. The van der Waals surface area contributed by atoms with E-state index in [0.717, 1.165) is 30.6 Å². The lowest BCUT2D eigenvalue weighted by molar-refractivity contribution is 0.100. The van der Waals surface area contributed by atoms with Gasteiger partial charge in [-0.2, -0.15) is 0 Å². The van der Waals surface area contributed by atoms with Crippen LogP contribution in [0.25, 0.3) is 0 Å². The van der Waals surface area contributed by atoms with Crippen molar-refractivity contribution in [2.75, 3.05) is 26.2 Å². The van der Waals surface area contributed by atoms with Crippen molar-refractivity contribution in [2.24, 2.45) is 17.6 Å². The largest absolute Gasteiger partial charge is 0.494 e. The molecule has 1 aromatic carbocycles. The summed E-state index contributed by atoms with van der Waals surface area (Å²) in [4.78, 5) is 13.6. The first-order valence-electron chi connectivity index (χ1n) is 8.39. The van der Waals surface area contributed by atoms with Crippen molar-refractivity contribution in [3.8, 4) is 5.75 Å². The number of likely N-dealkylation sites (tertiary alicyclic amines) is 1. The Morgan fingerprint density at radius 3 is 2.27 bits per heavy atom. The molecule has 122 valence electrons. The first-order valence-corrected chi connectivity index (χ1v) is 8.39. The quantitative estimate of drug-likeness (QED) is 0.751. The van der Waals surface area contributed by atoms with Gasteiger partial charge < -0.3 is 15.4 Å². The SMILES string of the molecule is CCC1CN(CCCOc2ccc(C(N)=O)cc2)CC1CC. The molecule has 4 heteroatoms. The van der Waals surface area contributed by atoms with Gasteiger partial charge in [0.25, 0.3) is 0 Å². The minimum absolute atomic E-state index is 0.406. The fraction of sp³-hybridized carbons (Fsp3) is 0.611. The van der Waals surface area contributed by atoms with Crippen molar-refractivity contribution < 1.29 is 9.53 Å². The Balaban J connectivity index is 1.68. The summed E-state index contributed by atoms with van der Waals surface area (Å²) in [5.41, 5.74) is 5.73. The van der Waals surface area contributed by atoms with Gasteiger partial charge in [-0.05, 0) is 42.5 Å². The molecule has 2 N–H and O–H groups in total. The smallest absolute Gasteiger partial charge is 0.248 e. The molecule has 1 heterocycles. The third kappa shape index (κ3) is 4.47. The molecule has 2 unspecified atom stereocenters. The molecule has 2 atom stereocenters. The van der Waals surface area contributed by atoms with E-state index in [4.69, 9.17) is 10.5 Å². The Labute approximate surface area is 133 Å². The Kier molecular flexibility index (Phi) is 6.25. The highest BCUT2D eigenvalue weighted by atomic mass is 16.5.